The van der Waals surface area contributed by atoms with Gasteiger partial charge in [0.25, 0.3) is 6.71 Å². The van der Waals surface area contributed by atoms with Crippen LogP contribution in [0.1, 0.15) is 188 Å². The lowest BCUT2D eigenvalue weighted by atomic mass is 9.35. The molecule has 2 nitrogen and oxygen atoms in total. The SMILES string of the molecule is Cc1cc2c(cc1N1c3cc(C(C)(C)C)cc4c3B(c3ccc5c(c31)C(C)(C)CCC5(C)C)c1sc3ccc(C(C)(C)C)cc3c1N4c1ccc(C(C)(C)C)cc1)C(C)(C)CCC2(C)C. The van der Waals surface area contributed by atoms with E-state index in [0.29, 0.717) is 0 Å². The van der Waals surface area contributed by atoms with Crippen molar-refractivity contribution in [2.45, 2.75) is 188 Å². The topological polar surface area (TPSA) is 6.48 Å². The summed E-state index contributed by atoms with van der Waals surface area (Å²) in [5, 5.41) is 1.37. The van der Waals surface area contributed by atoms with Gasteiger partial charge in [-0.3, -0.25) is 0 Å². The van der Waals surface area contributed by atoms with Crippen molar-refractivity contribution < 1.29 is 0 Å². The van der Waals surface area contributed by atoms with Crippen LogP contribution < -0.4 is 25.5 Å². The second-order valence-electron chi connectivity index (χ2n) is 26.5. The summed E-state index contributed by atoms with van der Waals surface area (Å²) in [6, 6.07) is 32.6. The number of nitrogens with zero attached hydrogens (tertiary/aromatic N) is 2. The Morgan fingerprint density at radius 2 is 1.02 bits per heavy atom. The highest BCUT2D eigenvalue weighted by atomic mass is 32.1. The van der Waals surface area contributed by atoms with Gasteiger partial charge in [0.15, 0.2) is 0 Å². The Balaban J connectivity index is 1.39. The first-order valence-corrected chi connectivity index (χ1v) is 25.6. The molecule has 0 spiro atoms. The van der Waals surface area contributed by atoms with Crippen LogP contribution in [-0.4, -0.2) is 6.71 Å². The molecule has 338 valence electrons. The quantitative estimate of drug-likeness (QED) is 0.160. The Morgan fingerprint density at radius 3 is 1.60 bits per heavy atom. The third kappa shape index (κ3) is 6.75. The predicted molar refractivity (Wildman–Crippen MR) is 287 cm³/mol. The lowest BCUT2D eigenvalue weighted by molar-refractivity contribution is 0.331. The first-order chi connectivity index (χ1) is 30.0. The molecule has 0 radical (unpaired) electrons. The largest absolute Gasteiger partial charge is 0.311 e. The van der Waals surface area contributed by atoms with E-state index in [2.05, 4.69) is 213 Å². The second kappa shape index (κ2) is 13.9. The van der Waals surface area contributed by atoms with E-state index < -0.39 is 0 Å². The smallest absolute Gasteiger partial charge is 0.264 e. The van der Waals surface area contributed by atoms with Crippen LogP contribution in [0.5, 0.6) is 0 Å². The average molecular weight is 879 g/mol. The number of anilines is 6. The zero-order chi connectivity index (χ0) is 46.9. The van der Waals surface area contributed by atoms with Crippen molar-refractivity contribution in [2.24, 2.45) is 0 Å². The first kappa shape index (κ1) is 44.6. The van der Waals surface area contributed by atoms with Gasteiger partial charge in [-0.1, -0.05) is 154 Å². The van der Waals surface area contributed by atoms with Crippen molar-refractivity contribution in [3.8, 4) is 0 Å². The van der Waals surface area contributed by atoms with E-state index in [0.717, 1.165) is 6.42 Å². The second-order valence-corrected chi connectivity index (χ2v) is 27.6. The molecule has 0 saturated heterocycles. The van der Waals surface area contributed by atoms with Crippen molar-refractivity contribution in [3.05, 3.63) is 123 Å². The first-order valence-electron chi connectivity index (χ1n) is 24.8. The lowest BCUT2D eigenvalue weighted by Crippen LogP contribution is -2.61. The normalized spacial score (nSPS) is 19.1. The van der Waals surface area contributed by atoms with Gasteiger partial charge in [-0.15, -0.1) is 11.3 Å². The highest BCUT2D eigenvalue weighted by Gasteiger charge is 2.50. The highest BCUT2D eigenvalue weighted by Crippen LogP contribution is 2.57. The number of rotatable bonds is 2. The molecule has 0 fully saturated rings. The van der Waals surface area contributed by atoms with Crippen LogP contribution in [0, 0.1) is 6.92 Å². The third-order valence-corrected chi connectivity index (χ3v) is 18.0. The molecule has 0 bridgehead atoms. The van der Waals surface area contributed by atoms with E-state index in [1.54, 1.807) is 5.56 Å². The van der Waals surface area contributed by atoms with E-state index in [-0.39, 0.29) is 44.6 Å². The van der Waals surface area contributed by atoms with Crippen LogP contribution in [0.2, 0.25) is 0 Å². The molecule has 10 rings (SSSR count). The minimum Gasteiger partial charge on any atom is -0.311 e. The maximum Gasteiger partial charge on any atom is 0.264 e. The monoisotopic (exact) mass is 879 g/mol. The highest BCUT2D eigenvalue weighted by molar-refractivity contribution is 7.33. The van der Waals surface area contributed by atoms with Gasteiger partial charge in [0, 0.05) is 43.3 Å². The Labute approximate surface area is 397 Å². The maximum atomic E-state index is 2.83. The molecule has 0 unspecified atom stereocenters. The molecule has 1 aromatic heterocycles. The van der Waals surface area contributed by atoms with Gasteiger partial charge in [-0.25, -0.2) is 0 Å². The van der Waals surface area contributed by atoms with E-state index in [1.165, 1.54) is 118 Å². The summed E-state index contributed by atoms with van der Waals surface area (Å²) in [5.41, 5.74) is 22.8. The van der Waals surface area contributed by atoms with Crippen LogP contribution in [0.4, 0.5) is 34.1 Å². The van der Waals surface area contributed by atoms with E-state index in [1.807, 2.05) is 11.3 Å². The molecule has 2 aliphatic carbocycles. The number of hydrogen-bond acceptors (Lipinski definition) is 3. The molecule has 0 atom stereocenters. The van der Waals surface area contributed by atoms with Crippen molar-refractivity contribution in [1.29, 1.82) is 0 Å². The molecule has 3 heterocycles. The molecule has 65 heavy (non-hydrogen) atoms. The maximum absolute atomic E-state index is 2.83. The predicted octanol–water partition coefficient (Wildman–Crippen LogP) is 15.9. The molecule has 0 N–H and O–H groups in total. The summed E-state index contributed by atoms with van der Waals surface area (Å²) in [6.45, 7) is 43.8. The summed E-state index contributed by atoms with van der Waals surface area (Å²) in [7, 11) is 0. The Bertz CT molecular complexity index is 2950. The van der Waals surface area contributed by atoms with Crippen LogP contribution in [0.3, 0.4) is 0 Å². The average Bonchev–Trinajstić information content (AvgIpc) is 3.58. The van der Waals surface area contributed by atoms with Gasteiger partial charge in [0.05, 0.1) is 5.69 Å². The summed E-state index contributed by atoms with van der Waals surface area (Å²) in [5.74, 6) is 0. The number of benzene rings is 5. The summed E-state index contributed by atoms with van der Waals surface area (Å²) in [4.78, 5) is 5.52. The molecular weight excluding hydrogens is 804 g/mol. The molecule has 4 aliphatic rings. The van der Waals surface area contributed by atoms with Gasteiger partial charge in [0.1, 0.15) is 0 Å². The van der Waals surface area contributed by atoms with Gasteiger partial charge in [0.2, 0.25) is 0 Å². The Hall–Kier alpha value is -4.28. The summed E-state index contributed by atoms with van der Waals surface area (Å²) in [6.07, 6.45) is 4.74. The van der Waals surface area contributed by atoms with Crippen molar-refractivity contribution in [1.82, 2.24) is 0 Å². The van der Waals surface area contributed by atoms with E-state index in [9.17, 15) is 0 Å². The molecule has 0 amide bonds. The fourth-order valence-corrected chi connectivity index (χ4v) is 13.5. The van der Waals surface area contributed by atoms with Crippen molar-refractivity contribution in [3.63, 3.8) is 0 Å². The third-order valence-electron chi connectivity index (χ3n) is 16.7. The van der Waals surface area contributed by atoms with Gasteiger partial charge in [-0.05, 0) is 168 Å². The van der Waals surface area contributed by atoms with Crippen LogP contribution >= 0.6 is 11.3 Å². The number of thiophene rings is 1. The molecular formula is C61H75BN2S. The molecule has 2 aliphatic heterocycles. The number of fused-ring (bicyclic) bond motifs is 9. The van der Waals surface area contributed by atoms with Crippen LogP contribution in [0.25, 0.3) is 10.1 Å². The van der Waals surface area contributed by atoms with Gasteiger partial charge >= 0.3 is 0 Å². The van der Waals surface area contributed by atoms with Crippen LogP contribution in [0.15, 0.2) is 78.9 Å². The fourth-order valence-electron chi connectivity index (χ4n) is 12.2. The van der Waals surface area contributed by atoms with Gasteiger partial charge < -0.3 is 9.80 Å². The van der Waals surface area contributed by atoms with Crippen molar-refractivity contribution in [2.75, 3.05) is 9.80 Å². The lowest BCUT2D eigenvalue weighted by Gasteiger charge is -2.50. The summed E-state index contributed by atoms with van der Waals surface area (Å²) >= 11 is 2.03. The van der Waals surface area contributed by atoms with Gasteiger partial charge in [-0.2, -0.15) is 0 Å². The Kier molecular flexibility index (Phi) is 9.53. The molecule has 6 aromatic rings. The zero-order valence-electron chi connectivity index (χ0n) is 43.2. The van der Waals surface area contributed by atoms with E-state index >= 15 is 0 Å². The van der Waals surface area contributed by atoms with E-state index in [4.69, 9.17) is 0 Å². The minimum absolute atomic E-state index is 0.0140. The number of aryl methyl sites for hydroxylation is 1. The summed E-state index contributed by atoms with van der Waals surface area (Å²) < 4.78 is 2.82. The van der Waals surface area contributed by atoms with Crippen LogP contribution in [-0.2, 0) is 37.9 Å². The molecule has 4 heteroatoms. The number of hydrogen-bond donors (Lipinski definition) is 0. The van der Waals surface area contributed by atoms with Crippen molar-refractivity contribution >= 4 is 78.0 Å². The molecule has 5 aromatic carbocycles. The Morgan fingerprint density at radius 1 is 0.492 bits per heavy atom. The molecule has 0 saturated carbocycles. The standard InChI is InChI=1S/C61H75BN2S/c1-36-31-43-44(60(15,16)28-27-59(43,13)14)35-46(36)64-48-34-39(57(8,9)10)33-47-51(48)62(45-25-24-42-50(53(45)64)61(17,18)30-29-58(42,11)12)54-52(41-32-38(56(5,6)7)21-26-49(41)65-54)63(47)40-22-19-37(20-23-40)55(2,3)4/h19-26,31-35H,27-30H2,1-18H3. The fraction of sp³-hybridized carbons (Fsp3) is 0.475. The minimum atomic E-state index is -0.0978. The zero-order valence-corrected chi connectivity index (χ0v) is 44.0.